The largest absolute Gasteiger partial charge is 0.130 e. The third-order valence-electron chi connectivity index (χ3n) is 0.778. The van der Waals surface area contributed by atoms with Crippen molar-refractivity contribution in [3.8, 4) is 12.3 Å². The van der Waals surface area contributed by atoms with Gasteiger partial charge in [0, 0.05) is 5.75 Å². The average molecular weight is 142 g/mol. The van der Waals surface area contributed by atoms with E-state index in [1.807, 2.05) is 0 Å². The van der Waals surface area contributed by atoms with Crippen LogP contribution in [0.5, 0.6) is 0 Å². The molecule has 42 valence electrons. The maximum atomic E-state index is 5.18. The van der Waals surface area contributed by atoms with Gasteiger partial charge >= 0.3 is 0 Å². The first kappa shape index (κ1) is 6.12. The molecule has 1 aliphatic rings. The van der Waals surface area contributed by atoms with Crippen molar-refractivity contribution >= 4 is 23.5 Å². The summed E-state index contributed by atoms with van der Waals surface area (Å²) in [4.78, 5) is 0. The highest BCUT2D eigenvalue weighted by Gasteiger charge is 2.04. The van der Waals surface area contributed by atoms with Crippen molar-refractivity contribution in [1.29, 1.82) is 0 Å². The maximum absolute atomic E-state index is 5.18. The van der Waals surface area contributed by atoms with E-state index in [9.17, 15) is 0 Å². The lowest BCUT2D eigenvalue weighted by molar-refractivity contribution is 1.69. The van der Waals surface area contributed by atoms with Crippen molar-refractivity contribution in [3.63, 3.8) is 0 Å². The van der Waals surface area contributed by atoms with Crippen LogP contribution >= 0.6 is 23.5 Å². The summed E-state index contributed by atoms with van der Waals surface area (Å²) in [5.74, 6) is 3.75. The fraction of sp³-hybridized carbons (Fsp3) is 0.333. The van der Waals surface area contributed by atoms with E-state index in [0.717, 1.165) is 5.75 Å². The van der Waals surface area contributed by atoms with Gasteiger partial charge in [-0.25, -0.2) is 0 Å². The highest BCUT2D eigenvalue weighted by atomic mass is 32.2. The van der Waals surface area contributed by atoms with E-state index in [0.29, 0.717) is 4.58 Å². The van der Waals surface area contributed by atoms with Gasteiger partial charge in [-0.1, -0.05) is 12.0 Å². The lowest BCUT2D eigenvalue weighted by atomic mass is 10.7. The Bertz CT molecular complexity index is 132. The Hall–Kier alpha value is -0.0000000000000000555. The Kier molecular flexibility index (Phi) is 2.38. The van der Waals surface area contributed by atoms with E-state index < -0.39 is 0 Å². The molecule has 0 nitrogen and oxygen atoms in total. The van der Waals surface area contributed by atoms with E-state index >= 15 is 0 Å². The Balaban J connectivity index is 2.41. The third kappa shape index (κ3) is 1.50. The van der Waals surface area contributed by atoms with Gasteiger partial charge in [0.25, 0.3) is 0 Å². The fourth-order valence-electron chi connectivity index (χ4n) is 0.436. The van der Waals surface area contributed by atoms with Gasteiger partial charge in [-0.3, -0.25) is 0 Å². The number of thioether (sulfide) groups is 2. The molecule has 0 N–H and O–H groups in total. The van der Waals surface area contributed by atoms with Crippen molar-refractivity contribution in [3.05, 3.63) is 11.5 Å². The van der Waals surface area contributed by atoms with Crippen LogP contribution < -0.4 is 0 Å². The summed E-state index contributed by atoms with van der Waals surface area (Å²) in [7, 11) is 0. The smallest absolute Gasteiger partial charge is 0.115 e. The molecule has 1 heterocycles. The van der Waals surface area contributed by atoms with Gasteiger partial charge in [0.15, 0.2) is 0 Å². The van der Waals surface area contributed by atoms with Crippen molar-refractivity contribution in [2.24, 2.45) is 0 Å². The zero-order chi connectivity index (χ0) is 5.82. The lowest BCUT2D eigenvalue weighted by Gasteiger charge is -2.08. The molecule has 0 aromatic rings. The summed E-state index contributed by atoms with van der Waals surface area (Å²) in [5.41, 5.74) is 0. The summed E-state index contributed by atoms with van der Waals surface area (Å²) in [6, 6.07) is 0. The lowest BCUT2D eigenvalue weighted by Crippen LogP contribution is -1.93. The number of terminal acetylenes is 1. The quantitative estimate of drug-likeness (QED) is 0.474. The summed E-state index contributed by atoms with van der Waals surface area (Å²) in [5, 5.41) is 2.07. The SMILES string of the molecule is C#CC1SC=CCS1. The van der Waals surface area contributed by atoms with Crippen LogP contribution in [0.4, 0.5) is 0 Å². The first-order valence-electron chi connectivity index (χ1n) is 2.31. The highest BCUT2D eigenvalue weighted by Crippen LogP contribution is 2.27. The molecule has 0 radical (unpaired) electrons. The Morgan fingerprint density at radius 1 is 1.75 bits per heavy atom. The van der Waals surface area contributed by atoms with Crippen LogP contribution in [0.1, 0.15) is 0 Å². The second-order valence-corrected chi connectivity index (χ2v) is 3.79. The molecule has 0 saturated heterocycles. The topological polar surface area (TPSA) is 0 Å². The number of hydrogen-bond donors (Lipinski definition) is 0. The molecule has 0 aromatic carbocycles. The van der Waals surface area contributed by atoms with Crippen LogP contribution in [0.25, 0.3) is 0 Å². The second kappa shape index (κ2) is 3.11. The van der Waals surface area contributed by atoms with Gasteiger partial charge in [-0.05, 0) is 5.41 Å². The Labute approximate surface area is 58.1 Å². The predicted octanol–water partition coefficient (Wildman–Crippen LogP) is 1.94. The van der Waals surface area contributed by atoms with Gasteiger partial charge in [0.1, 0.15) is 4.58 Å². The van der Waals surface area contributed by atoms with Crippen LogP contribution in [0.2, 0.25) is 0 Å². The molecule has 0 aromatic heterocycles. The number of rotatable bonds is 0. The van der Waals surface area contributed by atoms with Crippen LogP contribution in [-0.2, 0) is 0 Å². The normalized spacial score (nSPS) is 27.1. The van der Waals surface area contributed by atoms with Gasteiger partial charge in [-0.2, -0.15) is 0 Å². The average Bonchev–Trinajstić information content (AvgIpc) is 1.90. The molecule has 0 saturated carbocycles. The van der Waals surface area contributed by atoms with Crippen molar-refractivity contribution in [2.45, 2.75) is 4.58 Å². The monoisotopic (exact) mass is 142 g/mol. The summed E-state index contributed by atoms with van der Waals surface area (Å²) >= 11 is 3.51. The van der Waals surface area contributed by atoms with Crippen molar-refractivity contribution < 1.29 is 0 Å². The minimum absolute atomic E-state index is 0.361. The van der Waals surface area contributed by atoms with E-state index in [-0.39, 0.29) is 0 Å². The standard InChI is InChI=1S/C6H6S2/c1-2-6-7-4-3-5-8-6/h1,3-4,6H,5H2. The van der Waals surface area contributed by atoms with Crippen LogP contribution in [0.3, 0.4) is 0 Å². The molecule has 0 spiro atoms. The number of hydrogen-bond acceptors (Lipinski definition) is 2. The zero-order valence-electron chi connectivity index (χ0n) is 4.33. The molecule has 0 fully saturated rings. The van der Waals surface area contributed by atoms with E-state index in [1.165, 1.54) is 0 Å². The van der Waals surface area contributed by atoms with E-state index in [1.54, 1.807) is 23.5 Å². The van der Waals surface area contributed by atoms with Crippen LogP contribution in [-0.4, -0.2) is 10.3 Å². The van der Waals surface area contributed by atoms with Crippen molar-refractivity contribution in [1.82, 2.24) is 0 Å². The minimum Gasteiger partial charge on any atom is -0.130 e. The van der Waals surface area contributed by atoms with E-state index in [2.05, 4.69) is 17.4 Å². The predicted molar refractivity (Wildman–Crippen MR) is 41.8 cm³/mol. The summed E-state index contributed by atoms with van der Waals surface area (Å²) in [6.45, 7) is 0. The van der Waals surface area contributed by atoms with Gasteiger partial charge in [-0.15, -0.1) is 29.9 Å². The van der Waals surface area contributed by atoms with Crippen molar-refractivity contribution in [2.75, 3.05) is 5.75 Å². The molecule has 1 atom stereocenters. The first-order chi connectivity index (χ1) is 3.93. The van der Waals surface area contributed by atoms with Gasteiger partial charge in [0.05, 0.1) is 0 Å². The highest BCUT2D eigenvalue weighted by molar-refractivity contribution is 8.19. The Morgan fingerprint density at radius 3 is 3.00 bits per heavy atom. The molecule has 0 aliphatic carbocycles. The molecule has 0 amide bonds. The maximum Gasteiger partial charge on any atom is 0.115 e. The summed E-state index contributed by atoms with van der Waals surface area (Å²) < 4.78 is 0.361. The second-order valence-electron chi connectivity index (χ2n) is 1.34. The summed E-state index contributed by atoms with van der Waals surface area (Å²) in [6.07, 6.45) is 7.31. The van der Waals surface area contributed by atoms with Gasteiger partial charge in [0.2, 0.25) is 0 Å². The molecular formula is C6H6S2. The first-order valence-corrected chi connectivity index (χ1v) is 4.31. The molecular weight excluding hydrogens is 136 g/mol. The minimum atomic E-state index is 0.361. The zero-order valence-corrected chi connectivity index (χ0v) is 5.97. The van der Waals surface area contributed by atoms with Crippen LogP contribution in [0, 0.1) is 12.3 Å². The van der Waals surface area contributed by atoms with Crippen LogP contribution in [0.15, 0.2) is 11.5 Å². The Morgan fingerprint density at radius 2 is 2.62 bits per heavy atom. The van der Waals surface area contributed by atoms with E-state index in [4.69, 9.17) is 6.42 Å². The fourth-order valence-corrected chi connectivity index (χ4v) is 2.21. The molecule has 1 unspecified atom stereocenters. The molecule has 1 rings (SSSR count). The molecule has 2 heteroatoms. The molecule has 0 bridgehead atoms. The van der Waals surface area contributed by atoms with Gasteiger partial charge < -0.3 is 0 Å². The molecule has 8 heavy (non-hydrogen) atoms. The molecule has 1 aliphatic heterocycles. The third-order valence-corrected chi connectivity index (χ3v) is 3.08.